The molecule has 1 aliphatic heterocycles. The molecule has 1 fully saturated rings. The monoisotopic (exact) mass is 134 g/mol. The van der Waals surface area contributed by atoms with Crippen molar-refractivity contribution in [1.82, 2.24) is 0 Å². The first kappa shape index (κ1) is 8.88. The van der Waals surface area contributed by atoms with Gasteiger partial charge in [0.25, 0.3) is 0 Å². The van der Waals surface area contributed by atoms with E-state index >= 15 is 0 Å². The summed E-state index contributed by atoms with van der Waals surface area (Å²) in [4.78, 5) is 0. The van der Waals surface area contributed by atoms with Gasteiger partial charge in [-0.25, -0.2) is 0 Å². The van der Waals surface area contributed by atoms with Gasteiger partial charge in [0, 0.05) is 13.2 Å². The maximum Gasteiger partial charge on any atom is 0.0662 e. The molecule has 1 aliphatic rings. The maximum absolute atomic E-state index is 7.62. The van der Waals surface area contributed by atoms with Gasteiger partial charge in [-0.2, -0.15) is 0 Å². The van der Waals surface area contributed by atoms with Crippen LogP contribution in [0.1, 0.15) is 12.8 Å². The second-order valence-corrected chi connectivity index (χ2v) is 1.77. The lowest BCUT2D eigenvalue weighted by Gasteiger charge is -1.76. The van der Waals surface area contributed by atoms with Gasteiger partial charge in [0.1, 0.15) is 0 Å². The predicted octanol–water partition coefficient (Wildman–Crippen LogP) is -0.232. The van der Waals surface area contributed by atoms with E-state index < -0.39 is 0 Å². The molecule has 1 rings (SSSR count). The Labute approximate surface area is 55.3 Å². The molecule has 0 aromatic carbocycles. The van der Waals surface area contributed by atoms with Crippen molar-refractivity contribution in [2.24, 2.45) is 0 Å². The van der Waals surface area contributed by atoms with Gasteiger partial charge < -0.3 is 14.9 Å². The Morgan fingerprint density at radius 2 is 1.44 bits per heavy atom. The molecule has 0 aliphatic carbocycles. The molecule has 3 nitrogen and oxygen atoms in total. The van der Waals surface area contributed by atoms with Crippen molar-refractivity contribution in [1.29, 1.82) is 0 Å². The van der Waals surface area contributed by atoms with Crippen molar-refractivity contribution in [2.75, 3.05) is 26.4 Å². The van der Waals surface area contributed by atoms with Crippen LogP contribution in [0.2, 0.25) is 0 Å². The van der Waals surface area contributed by atoms with Crippen LogP contribution < -0.4 is 0 Å². The summed E-state index contributed by atoms with van der Waals surface area (Å²) >= 11 is 0. The fraction of sp³-hybridized carbons (Fsp3) is 1.00. The van der Waals surface area contributed by atoms with Gasteiger partial charge in [0.05, 0.1) is 13.2 Å². The minimum Gasteiger partial charge on any atom is -0.394 e. The highest BCUT2D eigenvalue weighted by Gasteiger charge is 1.94. The molecule has 0 amide bonds. The minimum absolute atomic E-state index is 0.125. The van der Waals surface area contributed by atoms with Gasteiger partial charge in [0.15, 0.2) is 0 Å². The van der Waals surface area contributed by atoms with Gasteiger partial charge in [-0.1, -0.05) is 0 Å². The Kier molecular flexibility index (Phi) is 7.77. The van der Waals surface area contributed by atoms with Gasteiger partial charge >= 0.3 is 0 Å². The first-order valence-electron chi connectivity index (χ1n) is 3.21. The molecular weight excluding hydrogens is 120 g/mol. The average molecular weight is 134 g/mol. The molecule has 0 aromatic rings. The summed E-state index contributed by atoms with van der Waals surface area (Å²) < 4.78 is 4.94. The Bertz CT molecular complexity index is 34.0. The summed E-state index contributed by atoms with van der Waals surface area (Å²) in [5.41, 5.74) is 0. The molecule has 0 bridgehead atoms. The lowest BCUT2D eigenvalue weighted by Crippen LogP contribution is -1.85. The molecule has 2 N–H and O–H groups in total. The summed E-state index contributed by atoms with van der Waals surface area (Å²) in [6.07, 6.45) is 2.56. The fourth-order valence-corrected chi connectivity index (χ4v) is 0.510. The molecule has 56 valence electrons. The van der Waals surface area contributed by atoms with Crippen molar-refractivity contribution < 1.29 is 14.9 Å². The molecule has 1 heterocycles. The van der Waals surface area contributed by atoms with Crippen LogP contribution in [0.15, 0.2) is 0 Å². The Hall–Kier alpha value is -0.120. The lowest BCUT2D eigenvalue weighted by atomic mass is 10.4. The third kappa shape index (κ3) is 7.88. The zero-order valence-electron chi connectivity index (χ0n) is 5.55. The first-order chi connectivity index (χ1) is 4.41. The summed E-state index contributed by atoms with van der Waals surface area (Å²) in [6.45, 7) is 1.75. The number of hydrogen-bond acceptors (Lipinski definition) is 3. The number of hydrogen-bond donors (Lipinski definition) is 2. The molecule has 0 radical (unpaired) electrons. The van der Waals surface area contributed by atoms with Crippen molar-refractivity contribution in [3.8, 4) is 0 Å². The molecule has 0 aromatic heterocycles. The van der Waals surface area contributed by atoms with E-state index in [2.05, 4.69) is 0 Å². The van der Waals surface area contributed by atoms with E-state index in [1.54, 1.807) is 0 Å². The van der Waals surface area contributed by atoms with Gasteiger partial charge in [-0.3, -0.25) is 0 Å². The van der Waals surface area contributed by atoms with Crippen molar-refractivity contribution >= 4 is 0 Å². The summed E-state index contributed by atoms with van der Waals surface area (Å²) in [5, 5.41) is 15.2. The van der Waals surface area contributed by atoms with E-state index in [1.807, 2.05) is 0 Å². The van der Waals surface area contributed by atoms with Crippen LogP contribution in [0, 0.1) is 0 Å². The number of rotatable bonds is 1. The molecule has 0 unspecified atom stereocenters. The zero-order valence-corrected chi connectivity index (χ0v) is 5.55. The topological polar surface area (TPSA) is 49.7 Å². The second kappa shape index (κ2) is 7.88. The highest BCUT2D eigenvalue weighted by atomic mass is 16.5. The summed E-state index contributed by atoms with van der Waals surface area (Å²) in [5.74, 6) is 0. The first-order valence-corrected chi connectivity index (χ1v) is 3.21. The minimum atomic E-state index is -0.125. The highest BCUT2D eigenvalue weighted by molar-refractivity contribution is 4.43. The normalized spacial score (nSPS) is 16.7. The average Bonchev–Trinajstić information content (AvgIpc) is 2.43. The maximum atomic E-state index is 7.62. The van der Waals surface area contributed by atoms with E-state index in [4.69, 9.17) is 14.9 Å². The highest BCUT2D eigenvalue weighted by Crippen LogP contribution is 1.98. The smallest absolute Gasteiger partial charge is 0.0662 e. The van der Waals surface area contributed by atoms with Crippen LogP contribution in [-0.4, -0.2) is 36.6 Å². The Morgan fingerprint density at radius 1 is 1.00 bits per heavy atom. The molecule has 0 saturated carbocycles. The third-order valence-electron chi connectivity index (χ3n) is 0.927. The number of aliphatic hydroxyl groups is 2. The molecule has 1 saturated heterocycles. The van der Waals surface area contributed by atoms with Crippen LogP contribution in [0.3, 0.4) is 0 Å². The predicted molar refractivity (Wildman–Crippen MR) is 34.2 cm³/mol. The van der Waals surface area contributed by atoms with E-state index in [-0.39, 0.29) is 13.2 Å². The lowest BCUT2D eigenvalue weighted by molar-refractivity contribution is 0.186. The molecule has 3 heteroatoms. The van der Waals surface area contributed by atoms with E-state index in [1.165, 1.54) is 12.8 Å². The Balaban J connectivity index is 0.000000148. The van der Waals surface area contributed by atoms with Crippen LogP contribution >= 0.6 is 0 Å². The Morgan fingerprint density at radius 3 is 1.56 bits per heavy atom. The van der Waals surface area contributed by atoms with Crippen molar-refractivity contribution in [2.45, 2.75) is 12.8 Å². The third-order valence-corrected chi connectivity index (χ3v) is 0.927. The quantitative estimate of drug-likeness (QED) is 0.520. The van der Waals surface area contributed by atoms with Crippen molar-refractivity contribution in [3.05, 3.63) is 0 Å². The molecular formula is C6H14O3. The largest absolute Gasteiger partial charge is 0.394 e. The zero-order chi connectivity index (χ0) is 6.95. The summed E-state index contributed by atoms with van der Waals surface area (Å²) in [7, 11) is 0. The number of aliphatic hydroxyl groups excluding tert-OH is 2. The molecule has 9 heavy (non-hydrogen) atoms. The van der Waals surface area contributed by atoms with Crippen LogP contribution in [-0.2, 0) is 4.74 Å². The van der Waals surface area contributed by atoms with Crippen molar-refractivity contribution in [3.63, 3.8) is 0 Å². The van der Waals surface area contributed by atoms with Gasteiger partial charge in [-0.05, 0) is 12.8 Å². The SMILES string of the molecule is C1CCOC1.OCCO. The standard InChI is InChI=1S/C4H8O.C2H6O2/c1-2-4-5-3-1;3-1-2-4/h1-4H2;3-4H,1-2H2. The van der Waals surface area contributed by atoms with Crippen LogP contribution in [0.5, 0.6) is 0 Å². The summed E-state index contributed by atoms with van der Waals surface area (Å²) in [6, 6.07) is 0. The van der Waals surface area contributed by atoms with Gasteiger partial charge in [0.2, 0.25) is 0 Å². The fourth-order valence-electron chi connectivity index (χ4n) is 0.510. The van der Waals surface area contributed by atoms with E-state index in [9.17, 15) is 0 Å². The van der Waals surface area contributed by atoms with Crippen LogP contribution in [0.25, 0.3) is 0 Å². The van der Waals surface area contributed by atoms with Gasteiger partial charge in [-0.15, -0.1) is 0 Å². The van der Waals surface area contributed by atoms with E-state index in [0.717, 1.165) is 13.2 Å². The van der Waals surface area contributed by atoms with Crippen LogP contribution in [0.4, 0.5) is 0 Å². The molecule has 0 atom stereocenters. The number of ether oxygens (including phenoxy) is 1. The molecule has 0 spiro atoms. The van der Waals surface area contributed by atoms with E-state index in [0.29, 0.717) is 0 Å². The second-order valence-electron chi connectivity index (χ2n) is 1.77.